The van der Waals surface area contributed by atoms with Gasteiger partial charge in [0.05, 0.1) is 19.7 Å². The fourth-order valence-electron chi connectivity index (χ4n) is 4.38. The molecule has 4 aromatic rings. The van der Waals surface area contributed by atoms with Crippen LogP contribution in [0.4, 0.5) is 4.39 Å². The fraction of sp³-hybridized carbons (Fsp3) is 0.310. The highest BCUT2D eigenvalue weighted by Gasteiger charge is 2.36. The van der Waals surface area contributed by atoms with Gasteiger partial charge in [-0.3, -0.25) is 9.59 Å². The molecular formula is C29H32FN5O4. The van der Waals surface area contributed by atoms with Crippen molar-refractivity contribution in [3.05, 3.63) is 83.7 Å². The van der Waals surface area contributed by atoms with Crippen LogP contribution in [0, 0.1) is 5.82 Å². The Labute approximate surface area is 226 Å². The van der Waals surface area contributed by atoms with E-state index in [1.165, 1.54) is 35.9 Å². The summed E-state index contributed by atoms with van der Waals surface area (Å²) < 4.78 is 26.4. The molecule has 0 radical (unpaired) electrons. The van der Waals surface area contributed by atoms with E-state index in [-0.39, 0.29) is 13.1 Å². The van der Waals surface area contributed by atoms with Gasteiger partial charge < -0.3 is 19.7 Å². The Morgan fingerprint density at radius 1 is 1.00 bits per heavy atom. The number of rotatable bonds is 9. The predicted molar refractivity (Wildman–Crippen MR) is 145 cm³/mol. The highest BCUT2D eigenvalue weighted by Crippen LogP contribution is 2.38. The van der Waals surface area contributed by atoms with Gasteiger partial charge >= 0.3 is 0 Å². The highest BCUT2D eigenvalue weighted by atomic mass is 19.1. The van der Waals surface area contributed by atoms with Gasteiger partial charge in [0, 0.05) is 17.6 Å². The van der Waals surface area contributed by atoms with E-state index in [0.717, 1.165) is 0 Å². The van der Waals surface area contributed by atoms with Crippen molar-refractivity contribution in [1.29, 1.82) is 0 Å². The fourth-order valence-corrected chi connectivity index (χ4v) is 4.38. The molecule has 3 aromatic carbocycles. The number of hydrogen-bond donors (Lipinski definition) is 1. The Kier molecular flexibility index (Phi) is 8.13. The molecule has 10 heteroatoms. The lowest BCUT2D eigenvalue weighted by molar-refractivity contribution is -0.142. The van der Waals surface area contributed by atoms with Gasteiger partial charge in [0.1, 0.15) is 23.9 Å². The van der Waals surface area contributed by atoms with Crippen LogP contribution in [0.5, 0.6) is 11.5 Å². The number of ether oxygens (including phenoxy) is 2. The topological polar surface area (TPSA) is 98.6 Å². The van der Waals surface area contributed by atoms with Crippen LogP contribution in [0.3, 0.4) is 0 Å². The molecule has 1 atom stereocenters. The van der Waals surface area contributed by atoms with Gasteiger partial charge in [-0.1, -0.05) is 41.6 Å². The maximum atomic E-state index is 14.1. The summed E-state index contributed by atoms with van der Waals surface area (Å²) in [5.74, 6) is -0.457. The minimum Gasteiger partial charge on any atom is -0.493 e. The zero-order valence-electron chi connectivity index (χ0n) is 22.6. The van der Waals surface area contributed by atoms with Crippen LogP contribution >= 0.6 is 0 Å². The monoisotopic (exact) mass is 533 g/mol. The number of carbonyl (C=O) groups excluding carboxylic acids is 2. The van der Waals surface area contributed by atoms with Crippen LogP contribution in [0.1, 0.15) is 37.9 Å². The van der Waals surface area contributed by atoms with Crippen molar-refractivity contribution in [2.24, 2.45) is 0 Å². The van der Waals surface area contributed by atoms with E-state index in [0.29, 0.717) is 33.7 Å². The second-order valence-corrected chi connectivity index (χ2v) is 10.1. The highest BCUT2D eigenvalue weighted by molar-refractivity contribution is 5.90. The van der Waals surface area contributed by atoms with Gasteiger partial charge in [-0.15, -0.1) is 5.10 Å². The van der Waals surface area contributed by atoms with E-state index >= 15 is 0 Å². The number of hydrogen-bond acceptors (Lipinski definition) is 6. The normalized spacial score (nSPS) is 12.2. The summed E-state index contributed by atoms with van der Waals surface area (Å²) >= 11 is 0. The third-order valence-corrected chi connectivity index (χ3v) is 6.08. The van der Waals surface area contributed by atoms with E-state index in [2.05, 4.69) is 15.6 Å². The molecule has 1 heterocycles. The molecule has 1 aromatic heterocycles. The molecule has 0 spiro atoms. The van der Waals surface area contributed by atoms with Crippen molar-refractivity contribution >= 4 is 22.8 Å². The lowest BCUT2D eigenvalue weighted by Gasteiger charge is -2.34. The van der Waals surface area contributed by atoms with Crippen molar-refractivity contribution in [3.63, 3.8) is 0 Å². The van der Waals surface area contributed by atoms with E-state index in [9.17, 15) is 14.0 Å². The molecule has 0 aliphatic heterocycles. The summed E-state index contributed by atoms with van der Waals surface area (Å²) in [4.78, 5) is 29.5. The molecule has 0 saturated heterocycles. The van der Waals surface area contributed by atoms with Crippen molar-refractivity contribution in [3.8, 4) is 11.5 Å². The number of nitrogens with one attached hydrogen (secondary N) is 1. The van der Waals surface area contributed by atoms with Crippen LogP contribution in [0.25, 0.3) is 11.0 Å². The van der Waals surface area contributed by atoms with Gasteiger partial charge in [0.15, 0.2) is 11.5 Å². The van der Waals surface area contributed by atoms with Crippen LogP contribution in [0.2, 0.25) is 0 Å². The van der Waals surface area contributed by atoms with E-state index in [1.807, 2.05) is 39.0 Å². The maximum absolute atomic E-state index is 14.1. The molecule has 2 amide bonds. The zero-order valence-corrected chi connectivity index (χ0v) is 22.6. The number of carbonyl (C=O) groups is 2. The number of methoxy groups -OCH3 is 2. The Morgan fingerprint density at radius 2 is 1.72 bits per heavy atom. The number of benzene rings is 3. The van der Waals surface area contributed by atoms with E-state index in [4.69, 9.17) is 9.47 Å². The summed E-state index contributed by atoms with van der Waals surface area (Å²) in [6.45, 7) is 5.43. The first-order chi connectivity index (χ1) is 18.6. The number of halogens is 1. The Morgan fingerprint density at radius 3 is 2.38 bits per heavy atom. The number of amides is 2. The van der Waals surface area contributed by atoms with Gasteiger partial charge in [0.25, 0.3) is 0 Å². The number of fused-ring (bicyclic) bond motifs is 1. The molecule has 204 valence electrons. The lowest BCUT2D eigenvalue weighted by atomic mass is 9.99. The molecular weight excluding hydrogens is 501 g/mol. The van der Waals surface area contributed by atoms with E-state index < -0.39 is 29.2 Å². The Hall–Kier alpha value is -4.47. The summed E-state index contributed by atoms with van der Waals surface area (Å²) in [5.41, 5.74) is 1.82. The van der Waals surface area contributed by atoms with Gasteiger partial charge in [-0.2, -0.15) is 0 Å². The molecule has 0 unspecified atom stereocenters. The third-order valence-electron chi connectivity index (χ3n) is 6.08. The minimum atomic E-state index is -1.11. The van der Waals surface area contributed by atoms with Crippen LogP contribution in [-0.4, -0.2) is 51.5 Å². The first-order valence-electron chi connectivity index (χ1n) is 12.5. The quantitative estimate of drug-likeness (QED) is 0.345. The van der Waals surface area contributed by atoms with Crippen LogP contribution < -0.4 is 14.8 Å². The first kappa shape index (κ1) is 27.6. The maximum Gasteiger partial charge on any atom is 0.248 e. The predicted octanol–water partition coefficient (Wildman–Crippen LogP) is 4.27. The van der Waals surface area contributed by atoms with Crippen molar-refractivity contribution in [1.82, 2.24) is 25.2 Å². The largest absolute Gasteiger partial charge is 0.493 e. The van der Waals surface area contributed by atoms with E-state index in [1.54, 1.807) is 36.4 Å². The number of nitrogens with zero attached hydrogens (tertiary/aromatic N) is 4. The summed E-state index contributed by atoms with van der Waals surface area (Å²) in [6.07, 6.45) is 0. The minimum absolute atomic E-state index is 0.0222. The summed E-state index contributed by atoms with van der Waals surface area (Å²) in [6, 6.07) is 17.2. The molecule has 9 nitrogen and oxygen atoms in total. The van der Waals surface area contributed by atoms with Crippen molar-refractivity contribution in [2.75, 3.05) is 14.2 Å². The average molecular weight is 534 g/mol. The molecule has 0 saturated carbocycles. The van der Waals surface area contributed by atoms with Crippen LogP contribution in [-0.2, 0) is 22.7 Å². The SMILES string of the molecule is COc1cccc([C@@H](C(=O)NC(C)(C)C)N(Cc2ccc(F)cc2)C(=O)Cn2nnc3ccccc32)c1OC. The number of para-hydroxylation sites is 2. The Balaban J connectivity index is 1.84. The first-order valence-corrected chi connectivity index (χ1v) is 12.5. The summed E-state index contributed by atoms with van der Waals surface area (Å²) in [7, 11) is 2.98. The standard InChI is InChI=1S/C29H32FN5O4/c1-29(2,3)31-28(37)26(21-9-8-12-24(38-4)27(21)39-5)34(17-19-13-15-20(30)16-14-19)25(36)18-35-23-11-7-6-10-22(23)32-33-35/h6-16,26H,17-18H2,1-5H3,(H,31,37)/t26-/m0/s1. The lowest BCUT2D eigenvalue weighted by Crippen LogP contribution is -2.49. The van der Waals surface area contributed by atoms with Crippen LogP contribution in [0.15, 0.2) is 66.7 Å². The summed E-state index contributed by atoms with van der Waals surface area (Å²) in [5, 5.41) is 11.3. The van der Waals surface area contributed by atoms with Crippen molar-refractivity contribution < 1.29 is 23.5 Å². The molecule has 1 N–H and O–H groups in total. The Bertz CT molecular complexity index is 1460. The smallest absolute Gasteiger partial charge is 0.248 e. The molecule has 0 aliphatic rings. The van der Waals surface area contributed by atoms with Crippen molar-refractivity contribution in [2.45, 2.75) is 45.4 Å². The molecule has 4 rings (SSSR count). The van der Waals surface area contributed by atoms with Gasteiger partial charge in [-0.05, 0) is 56.7 Å². The zero-order chi connectivity index (χ0) is 28.2. The molecule has 0 fully saturated rings. The third kappa shape index (κ3) is 6.34. The molecule has 0 bridgehead atoms. The average Bonchev–Trinajstić information content (AvgIpc) is 3.30. The van der Waals surface area contributed by atoms with Gasteiger partial charge in [0.2, 0.25) is 11.8 Å². The number of aromatic nitrogens is 3. The second-order valence-electron chi connectivity index (χ2n) is 10.1. The van der Waals surface area contributed by atoms with Gasteiger partial charge in [-0.25, -0.2) is 9.07 Å². The molecule has 0 aliphatic carbocycles. The molecule has 39 heavy (non-hydrogen) atoms. The second kappa shape index (κ2) is 11.5.